The topological polar surface area (TPSA) is 204 Å². The predicted molar refractivity (Wildman–Crippen MR) is 123 cm³/mol. The fourth-order valence-electron chi connectivity index (χ4n) is 1.53. The number of urea groups is 2. The summed E-state index contributed by atoms with van der Waals surface area (Å²) in [6.07, 6.45) is -2.70. The predicted octanol–water partition coefficient (Wildman–Crippen LogP) is 0.351. The van der Waals surface area contributed by atoms with Crippen LogP contribution in [-0.4, -0.2) is 95.6 Å². The molecule has 0 aromatic rings. The Morgan fingerprint density at radius 2 is 0.941 bits per heavy atom. The van der Waals surface area contributed by atoms with Gasteiger partial charge in [0.15, 0.2) is 20.4 Å². The molecule has 17 nitrogen and oxygen atoms in total. The van der Waals surface area contributed by atoms with Crippen molar-refractivity contribution in [2.45, 2.75) is 0 Å². The van der Waals surface area contributed by atoms with Gasteiger partial charge in [-0.2, -0.15) is 0 Å². The second-order valence-corrected chi connectivity index (χ2v) is 7.22. The Hall–Kier alpha value is -2.28. The van der Waals surface area contributed by atoms with E-state index in [4.69, 9.17) is 13.6 Å². The first kappa shape index (κ1) is 31.7. The normalized spacial score (nSPS) is 10.9. The average molecular weight is 550 g/mol. The number of alkyl carbamates (subject to hydrolysis) is 3. The third-order valence-corrected chi connectivity index (χ3v) is 4.22. The van der Waals surface area contributed by atoms with Gasteiger partial charge in [-0.1, -0.05) is 0 Å². The number of hydrogen-bond acceptors (Lipinski definition) is 11. The van der Waals surface area contributed by atoms with Crippen molar-refractivity contribution >= 4 is 56.8 Å². The summed E-state index contributed by atoms with van der Waals surface area (Å²) in [4.78, 5) is 59.8. The minimum atomic E-state index is -1.00. The van der Waals surface area contributed by atoms with E-state index in [1.807, 2.05) is 0 Å². The van der Waals surface area contributed by atoms with E-state index in [0.29, 0.717) is 4.90 Å². The van der Waals surface area contributed by atoms with E-state index in [1.165, 1.54) is 0 Å². The van der Waals surface area contributed by atoms with Crippen molar-refractivity contribution in [3.63, 3.8) is 0 Å². The molecule has 0 aliphatic heterocycles. The van der Waals surface area contributed by atoms with E-state index in [1.54, 1.807) is 20.0 Å². The van der Waals surface area contributed by atoms with E-state index in [9.17, 15) is 24.0 Å². The first-order chi connectivity index (χ1) is 16.3. The fourth-order valence-corrected chi connectivity index (χ4v) is 2.06. The van der Waals surface area contributed by atoms with E-state index in [0.717, 1.165) is 0 Å². The van der Waals surface area contributed by atoms with Crippen LogP contribution in [0.2, 0.25) is 0 Å². The molecule has 3 unspecified atom stereocenters. The van der Waals surface area contributed by atoms with Gasteiger partial charge in [-0.3, -0.25) is 0 Å². The number of rotatable bonds is 15. The number of ether oxygens (including phenoxy) is 3. The first-order valence-corrected chi connectivity index (χ1v) is 13.5. The van der Waals surface area contributed by atoms with E-state index in [2.05, 4.69) is 40.8 Å². The number of nitrogens with one attached hydrogen (secondary N) is 5. The molecule has 0 saturated heterocycles. The molecule has 34 heavy (non-hydrogen) atoms. The third-order valence-electron chi connectivity index (χ3n) is 3.00. The highest BCUT2D eigenvalue weighted by Gasteiger charge is 2.22. The molecule has 20 heteroatoms. The zero-order valence-corrected chi connectivity index (χ0v) is 21.7. The van der Waals surface area contributed by atoms with E-state index >= 15 is 0 Å². The first-order valence-electron chi connectivity index (χ1n) is 9.26. The Balaban J connectivity index is 4.68. The molecule has 0 aromatic carbocycles. The van der Waals surface area contributed by atoms with Gasteiger partial charge in [-0.25, -0.2) is 28.9 Å². The maximum atomic E-state index is 12.4. The molecule has 0 rings (SSSR count). The van der Waals surface area contributed by atoms with Crippen molar-refractivity contribution < 1.29 is 51.8 Å². The molecule has 7 amide bonds. The zero-order chi connectivity index (χ0) is 25.6. The Morgan fingerprint density at radius 1 is 0.588 bits per heavy atom. The van der Waals surface area contributed by atoms with Crippen LogP contribution in [0.15, 0.2) is 0 Å². The van der Waals surface area contributed by atoms with Crippen molar-refractivity contribution in [2.24, 2.45) is 0 Å². The summed E-state index contributed by atoms with van der Waals surface area (Å²) >= 11 is 0. The lowest BCUT2D eigenvalue weighted by Gasteiger charge is -2.22. The molecule has 0 aromatic heterocycles. The second-order valence-electron chi connectivity index (χ2n) is 5.13. The summed E-state index contributed by atoms with van der Waals surface area (Å²) in [5.74, 6) is 0. The van der Waals surface area contributed by atoms with Gasteiger partial charge in [0.1, 0.15) is 6.67 Å². The minimum absolute atomic E-state index is 0.0925. The molecule has 3 atom stereocenters. The molecule has 0 heterocycles. The molecule has 0 fully saturated rings. The Bertz CT molecular complexity index is 609. The number of carbonyl (C=O) groups excluding carboxylic acids is 5. The maximum absolute atomic E-state index is 12.4. The largest absolute Gasteiger partial charge is 0.422 e. The van der Waals surface area contributed by atoms with Gasteiger partial charge < -0.3 is 54.4 Å². The Labute approximate surface area is 200 Å². The van der Waals surface area contributed by atoms with Gasteiger partial charge in [0.05, 0.1) is 13.3 Å². The molecule has 0 saturated carbocycles. The van der Waals surface area contributed by atoms with Gasteiger partial charge in [0, 0.05) is 26.4 Å². The lowest BCUT2D eigenvalue weighted by atomic mass is 10.6. The summed E-state index contributed by atoms with van der Waals surface area (Å²) < 4.78 is 28.6. The molecule has 0 aliphatic rings. The summed E-state index contributed by atoms with van der Waals surface area (Å²) in [6.45, 7) is 2.92. The summed E-state index contributed by atoms with van der Waals surface area (Å²) in [5.41, 5.74) is 0. The quantitative estimate of drug-likeness (QED) is 0.0814. The SMILES string of the molecule is CPOCOC(=O)NCNC(=O)N(CNC(=O)OCOPC)C(=O)NCNC(=O)OCOPC. The molecule has 5 N–H and O–H groups in total. The smallest absolute Gasteiger partial charge is 0.410 e. The highest BCUT2D eigenvalue weighted by atomic mass is 31.1. The van der Waals surface area contributed by atoms with Crippen molar-refractivity contribution in [1.82, 2.24) is 31.5 Å². The minimum Gasteiger partial charge on any atom is -0.422 e. The average Bonchev–Trinajstić information content (AvgIpc) is 2.79. The van der Waals surface area contributed by atoms with Crippen LogP contribution in [0.4, 0.5) is 24.0 Å². The van der Waals surface area contributed by atoms with E-state index < -0.39 is 50.3 Å². The van der Waals surface area contributed by atoms with Crippen LogP contribution in [-0.2, 0) is 27.8 Å². The van der Waals surface area contributed by atoms with Crippen LogP contribution in [0, 0.1) is 0 Å². The summed E-state index contributed by atoms with van der Waals surface area (Å²) in [5, 5.41) is 11.0. The molecule has 0 aliphatic carbocycles. The molecule has 196 valence electrons. The monoisotopic (exact) mass is 550 g/mol. The van der Waals surface area contributed by atoms with Gasteiger partial charge in [0.2, 0.25) is 0 Å². The third kappa shape index (κ3) is 17.2. The highest BCUT2D eigenvalue weighted by Crippen LogP contribution is 2.03. The van der Waals surface area contributed by atoms with Crippen LogP contribution in [0.3, 0.4) is 0 Å². The Kier molecular flexibility index (Phi) is 19.8. The summed E-state index contributed by atoms with van der Waals surface area (Å²) in [6, 6.07) is -2.01. The van der Waals surface area contributed by atoms with Gasteiger partial charge in [0.25, 0.3) is 0 Å². The fraction of sp³-hybridized carbons (Fsp3) is 0.643. The van der Waals surface area contributed by atoms with Crippen LogP contribution in [0.5, 0.6) is 0 Å². The van der Waals surface area contributed by atoms with Crippen molar-refractivity contribution in [1.29, 1.82) is 0 Å². The molecule has 0 bridgehead atoms. The lowest BCUT2D eigenvalue weighted by Crippen LogP contribution is -2.55. The highest BCUT2D eigenvalue weighted by molar-refractivity contribution is 7.31. The number of imide groups is 1. The maximum Gasteiger partial charge on any atom is 0.410 e. The number of amides is 7. The van der Waals surface area contributed by atoms with Crippen LogP contribution in [0.25, 0.3) is 0 Å². The second kappa shape index (κ2) is 21.3. The number of nitrogens with zero attached hydrogens (tertiary/aromatic N) is 1. The van der Waals surface area contributed by atoms with Crippen LogP contribution < -0.4 is 26.6 Å². The Morgan fingerprint density at radius 3 is 1.29 bits per heavy atom. The van der Waals surface area contributed by atoms with Gasteiger partial charge in [-0.15, -0.1) is 0 Å². The van der Waals surface area contributed by atoms with Gasteiger partial charge >= 0.3 is 30.3 Å². The molecule has 0 radical (unpaired) electrons. The molecule has 0 spiro atoms. The zero-order valence-electron chi connectivity index (χ0n) is 18.7. The van der Waals surface area contributed by atoms with E-state index in [-0.39, 0.29) is 46.8 Å². The van der Waals surface area contributed by atoms with Gasteiger partial charge in [-0.05, 0) is 20.0 Å². The van der Waals surface area contributed by atoms with Crippen molar-refractivity contribution in [3.05, 3.63) is 0 Å². The van der Waals surface area contributed by atoms with Crippen molar-refractivity contribution in [2.75, 3.05) is 60.4 Å². The standard InChI is InChI=1S/C14H29N6O11P3/c1-32-29-7-26-12(23)17-4-15-10(21)20(6-19-14(25)28-9-31-34-3)11(22)16-5-18-13(24)27-8-30-33-2/h32-34H,4-9H2,1-3H3,(H,15,21)(H,16,22)(H,17,23)(H,18,24)(H,19,25). The van der Waals surface area contributed by atoms with Crippen molar-refractivity contribution in [3.8, 4) is 0 Å². The molecular formula is C14H29N6O11P3. The lowest BCUT2D eigenvalue weighted by molar-refractivity contribution is 0.0677. The van der Waals surface area contributed by atoms with Crippen LogP contribution >= 0.6 is 26.4 Å². The van der Waals surface area contributed by atoms with Crippen LogP contribution in [0.1, 0.15) is 0 Å². The summed E-state index contributed by atoms with van der Waals surface area (Å²) in [7, 11) is 0.343. The number of carbonyl (C=O) groups is 5. The number of hydrogen-bond donors (Lipinski definition) is 5. The molecular weight excluding hydrogens is 521 g/mol.